The van der Waals surface area contributed by atoms with Gasteiger partial charge in [0, 0.05) is 31.5 Å². The van der Waals surface area contributed by atoms with Crippen molar-refractivity contribution in [2.24, 2.45) is 5.92 Å². The molecule has 1 aromatic heterocycles. The maximum atomic E-state index is 12.6. The molecule has 1 amide bonds. The molecule has 0 radical (unpaired) electrons. The number of pyridine rings is 1. The zero-order chi connectivity index (χ0) is 16.1. The number of amides is 1. The Morgan fingerprint density at radius 1 is 1.09 bits per heavy atom. The summed E-state index contributed by atoms with van der Waals surface area (Å²) in [6, 6.07) is 12.1. The molecule has 1 fully saturated rings. The summed E-state index contributed by atoms with van der Waals surface area (Å²) in [5.74, 6) is 0.147. The number of ether oxygens (including phenoxy) is 1. The van der Waals surface area contributed by atoms with Crippen LogP contribution in [0.15, 0.2) is 48.8 Å². The maximum absolute atomic E-state index is 12.6. The van der Waals surface area contributed by atoms with Crippen LogP contribution in [0.3, 0.4) is 0 Å². The molecule has 4 nitrogen and oxygen atoms in total. The second-order valence-corrected chi connectivity index (χ2v) is 6.02. The Morgan fingerprint density at radius 2 is 1.70 bits per heavy atom. The highest BCUT2D eigenvalue weighted by Crippen LogP contribution is 2.24. The van der Waals surface area contributed by atoms with Gasteiger partial charge in [0.05, 0.1) is 6.04 Å². The van der Waals surface area contributed by atoms with Crippen molar-refractivity contribution in [2.45, 2.75) is 25.8 Å². The highest BCUT2D eigenvalue weighted by Gasteiger charge is 2.25. The van der Waals surface area contributed by atoms with E-state index in [1.807, 2.05) is 12.1 Å². The first-order valence-electron chi connectivity index (χ1n) is 8.08. The summed E-state index contributed by atoms with van der Waals surface area (Å²) in [5.41, 5.74) is 3.34. The molecule has 4 heteroatoms. The zero-order valence-electron chi connectivity index (χ0n) is 13.4. The minimum atomic E-state index is -0.144. The van der Waals surface area contributed by atoms with Gasteiger partial charge in [0.25, 0.3) is 0 Å². The number of carbonyl (C=O) groups excluding carboxylic acids is 1. The van der Waals surface area contributed by atoms with Gasteiger partial charge in [0.1, 0.15) is 0 Å². The molecule has 1 aromatic carbocycles. The van der Waals surface area contributed by atoms with Crippen molar-refractivity contribution in [1.82, 2.24) is 10.3 Å². The Labute approximate surface area is 136 Å². The fourth-order valence-electron chi connectivity index (χ4n) is 2.89. The largest absolute Gasteiger partial charge is 0.381 e. The van der Waals surface area contributed by atoms with Crippen LogP contribution in [0.1, 0.15) is 35.6 Å². The summed E-state index contributed by atoms with van der Waals surface area (Å²) in [7, 11) is 0. The number of rotatable bonds is 4. The van der Waals surface area contributed by atoms with E-state index in [0.29, 0.717) is 13.2 Å². The molecule has 2 heterocycles. The fourth-order valence-corrected chi connectivity index (χ4v) is 2.89. The lowest BCUT2D eigenvalue weighted by molar-refractivity contribution is -0.128. The lowest BCUT2D eigenvalue weighted by Gasteiger charge is -2.25. The summed E-state index contributed by atoms with van der Waals surface area (Å²) in [6.07, 6.45) is 5.11. The number of hydrogen-bond donors (Lipinski definition) is 1. The van der Waals surface area contributed by atoms with Gasteiger partial charge in [-0.2, -0.15) is 0 Å². The molecule has 2 aromatic rings. The number of benzene rings is 1. The van der Waals surface area contributed by atoms with Gasteiger partial charge < -0.3 is 10.1 Å². The van der Waals surface area contributed by atoms with Gasteiger partial charge in [-0.25, -0.2) is 0 Å². The number of hydrogen-bond acceptors (Lipinski definition) is 3. The molecule has 1 atom stereocenters. The Morgan fingerprint density at radius 3 is 2.35 bits per heavy atom. The Hall–Kier alpha value is -2.20. The molecular formula is C19H22N2O2. The molecule has 1 aliphatic rings. The van der Waals surface area contributed by atoms with Gasteiger partial charge in [-0.1, -0.05) is 29.8 Å². The molecule has 1 saturated heterocycles. The van der Waals surface area contributed by atoms with Crippen molar-refractivity contribution >= 4 is 5.91 Å². The molecule has 0 aliphatic carbocycles. The molecule has 0 spiro atoms. The summed E-state index contributed by atoms with van der Waals surface area (Å²) in [4.78, 5) is 16.7. The highest BCUT2D eigenvalue weighted by molar-refractivity contribution is 5.79. The lowest BCUT2D eigenvalue weighted by Crippen LogP contribution is -2.37. The molecule has 23 heavy (non-hydrogen) atoms. The first-order chi connectivity index (χ1) is 11.2. The SMILES string of the molecule is Cc1ccc([C@@H](NC(=O)C2CCOCC2)c2ccncc2)cc1. The van der Waals surface area contributed by atoms with E-state index in [0.717, 1.165) is 24.0 Å². The van der Waals surface area contributed by atoms with Gasteiger partial charge >= 0.3 is 0 Å². The predicted molar refractivity (Wildman–Crippen MR) is 88.9 cm³/mol. The molecule has 0 saturated carbocycles. The van der Waals surface area contributed by atoms with E-state index in [1.165, 1.54) is 5.56 Å². The summed E-state index contributed by atoms with van der Waals surface area (Å²) in [5, 5.41) is 3.22. The summed E-state index contributed by atoms with van der Waals surface area (Å²) < 4.78 is 5.35. The van der Waals surface area contributed by atoms with E-state index >= 15 is 0 Å². The van der Waals surface area contributed by atoms with Crippen LogP contribution < -0.4 is 5.32 Å². The normalized spacial score (nSPS) is 16.7. The third kappa shape index (κ3) is 3.96. The van der Waals surface area contributed by atoms with E-state index in [2.05, 4.69) is 41.5 Å². The zero-order valence-corrected chi connectivity index (χ0v) is 13.4. The molecule has 3 rings (SSSR count). The van der Waals surface area contributed by atoms with Crippen molar-refractivity contribution in [3.05, 3.63) is 65.5 Å². The van der Waals surface area contributed by atoms with E-state index in [9.17, 15) is 4.79 Å². The van der Waals surface area contributed by atoms with Gasteiger partial charge in [-0.3, -0.25) is 9.78 Å². The van der Waals surface area contributed by atoms with Crippen molar-refractivity contribution in [1.29, 1.82) is 0 Å². The average Bonchev–Trinajstić information content (AvgIpc) is 2.62. The standard InChI is InChI=1S/C19H22N2O2/c1-14-2-4-15(5-3-14)18(16-6-10-20-11-7-16)21-19(22)17-8-12-23-13-9-17/h2-7,10-11,17-18H,8-9,12-13H2,1H3,(H,21,22)/t18-/m1/s1. The molecular weight excluding hydrogens is 288 g/mol. The Kier molecular flexibility index (Phi) is 5.03. The molecule has 1 N–H and O–H groups in total. The van der Waals surface area contributed by atoms with Crippen molar-refractivity contribution in [3.8, 4) is 0 Å². The molecule has 120 valence electrons. The van der Waals surface area contributed by atoms with Crippen molar-refractivity contribution in [3.63, 3.8) is 0 Å². The second kappa shape index (κ2) is 7.38. The summed E-state index contributed by atoms with van der Waals surface area (Å²) >= 11 is 0. The second-order valence-electron chi connectivity index (χ2n) is 6.02. The Balaban J connectivity index is 1.83. The highest BCUT2D eigenvalue weighted by atomic mass is 16.5. The van der Waals surface area contributed by atoms with Gasteiger partial charge in [-0.05, 0) is 43.0 Å². The van der Waals surface area contributed by atoms with Crippen molar-refractivity contribution in [2.75, 3.05) is 13.2 Å². The minimum Gasteiger partial charge on any atom is -0.381 e. The third-order valence-electron chi connectivity index (χ3n) is 4.33. The average molecular weight is 310 g/mol. The topological polar surface area (TPSA) is 51.2 Å². The number of nitrogens with zero attached hydrogens (tertiary/aromatic N) is 1. The van der Waals surface area contributed by atoms with Gasteiger partial charge in [0.15, 0.2) is 0 Å². The quantitative estimate of drug-likeness (QED) is 0.944. The first kappa shape index (κ1) is 15.7. The molecule has 1 aliphatic heterocycles. The molecule has 0 bridgehead atoms. The number of aromatic nitrogens is 1. The lowest BCUT2D eigenvalue weighted by atomic mass is 9.95. The van der Waals surface area contributed by atoms with Crippen LogP contribution >= 0.6 is 0 Å². The van der Waals surface area contributed by atoms with Crippen LogP contribution in [-0.2, 0) is 9.53 Å². The summed E-state index contributed by atoms with van der Waals surface area (Å²) in [6.45, 7) is 3.40. The van der Waals surface area contributed by atoms with Crippen LogP contribution in [0.5, 0.6) is 0 Å². The van der Waals surface area contributed by atoms with E-state index in [4.69, 9.17) is 4.74 Å². The monoisotopic (exact) mass is 310 g/mol. The van der Waals surface area contributed by atoms with Crippen LogP contribution in [0.25, 0.3) is 0 Å². The third-order valence-corrected chi connectivity index (χ3v) is 4.33. The van der Waals surface area contributed by atoms with Crippen LogP contribution in [0.2, 0.25) is 0 Å². The smallest absolute Gasteiger partial charge is 0.224 e. The van der Waals surface area contributed by atoms with Crippen LogP contribution in [0.4, 0.5) is 0 Å². The molecule has 0 unspecified atom stereocenters. The maximum Gasteiger partial charge on any atom is 0.224 e. The van der Waals surface area contributed by atoms with Gasteiger partial charge in [-0.15, -0.1) is 0 Å². The van der Waals surface area contributed by atoms with E-state index in [1.54, 1.807) is 12.4 Å². The predicted octanol–water partition coefficient (Wildman–Crippen LogP) is 3.02. The van der Waals surface area contributed by atoms with Gasteiger partial charge in [0.2, 0.25) is 5.91 Å². The van der Waals surface area contributed by atoms with E-state index in [-0.39, 0.29) is 17.9 Å². The van der Waals surface area contributed by atoms with Crippen LogP contribution in [0, 0.1) is 12.8 Å². The van der Waals surface area contributed by atoms with E-state index < -0.39 is 0 Å². The fraction of sp³-hybridized carbons (Fsp3) is 0.368. The number of aryl methyl sites for hydroxylation is 1. The number of nitrogens with one attached hydrogen (secondary N) is 1. The van der Waals surface area contributed by atoms with Crippen LogP contribution in [-0.4, -0.2) is 24.1 Å². The minimum absolute atomic E-state index is 0.0403. The van der Waals surface area contributed by atoms with Crippen molar-refractivity contribution < 1.29 is 9.53 Å². The first-order valence-corrected chi connectivity index (χ1v) is 8.08. The Bertz CT molecular complexity index is 634. The number of carbonyl (C=O) groups is 1.